The zero-order chi connectivity index (χ0) is 10.8. The number of aldehydes is 1. The van der Waals surface area contributed by atoms with Crippen molar-refractivity contribution < 1.29 is 13.2 Å². The summed E-state index contributed by atoms with van der Waals surface area (Å²) in [7, 11) is -3.53. The quantitative estimate of drug-likeness (QED) is 0.746. The molecule has 1 unspecified atom stereocenters. The van der Waals surface area contributed by atoms with E-state index >= 15 is 0 Å². The fourth-order valence-corrected chi connectivity index (χ4v) is 2.13. The van der Waals surface area contributed by atoms with Crippen molar-refractivity contribution >= 4 is 27.7 Å². The second kappa shape index (κ2) is 4.11. The Bertz CT molecular complexity index is 422. The maximum absolute atomic E-state index is 11.6. The van der Waals surface area contributed by atoms with Crippen molar-refractivity contribution in [3.63, 3.8) is 0 Å². The molecule has 0 aliphatic carbocycles. The first kappa shape index (κ1) is 11.2. The fourth-order valence-electron chi connectivity index (χ4n) is 0.912. The molecular formula is C9H9ClO3S. The van der Waals surface area contributed by atoms with Gasteiger partial charge in [-0.2, -0.15) is 0 Å². The van der Waals surface area contributed by atoms with Crippen LogP contribution in [0, 0.1) is 0 Å². The van der Waals surface area contributed by atoms with Crippen LogP contribution in [0.5, 0.6) is 0 Å². The van der Waals surface area contributed by atoms with E-state index in [2.05, 4.69) is 0 Å². The summed E-state index contributed by atoms with van der Waals surface area (Å²) in [4.78, 5) is 10.5. The Kier molecular flexibility index (Phi) is 3.29. The van der Waals surface area contributed by atoms with Gasteiger partial charge in [0, 0.05) is 5.02 Å². The number of carbonyl (C=O) groups excluding carboxylic acids is 1. The van der Waals surface area contributed by atoms with E-state index in [-0.39, 0.29) is 4.90 Å². The van der Waals surface area contributed by atoms with Crippen LogP contribution in [0.25, 0.3) is 0 Å². The lowest BCUT2D eigenvalue weighted by Gasteiger charge is -2.05. The van der Waals surface area contributed by atoms with E-state index in [4.69, 9.17) is 11.6 Å². The van der Waals surface area contributed by atoms with Crippen LogP contribution in [0.3, 0.4) is 0 Å². The molecule has 3 nitrogen and oxygen atoms in total. The van der Waals surface area contributed by atoms with Crippen molar-refractivity contribution in [2.75, 3.05) is 0 Å². The largest absolute Gasteiger partial charge is 0.302 e. The Morgan fingerprint density at radius 1 is 1.29 bits per heavy atom. The van der Waals surface area contributed by atoms with Gasteiger partial charge in [0.15, 0.2) is 9.84 Å². The van der Waals surface area contributed by atoms with Crippen molar-refractivity contribution in [1.29, 1.82) is 0 Å². The predicted molar refractivity (Wildman–Crippen MR) is 54.2 cm³/mol. The second-order valence-corrected chi connectivity index (χ2v) is 5.58. The van der Waals surface area contributed by atoms with Crippen LogP contribution in [0.2, 0.25) is 5.02 Å². The van der Waals surface area contributed by atoms with Crippen molar-refractivity contribution in [3.8, 4) is 0 Å². The molecule has 1 aromatic carbocycles. The summed E-state index contributed by atoms with van der Waals surface area (Å²) in [6.07, 6.45) is 0.407. The van der Waals surface area contributed by atoms with Gasteiger partial charge in [-0.15, -0.1) is 0 Å². The Hall–Kier alpha value is -0.870. The summed E-state index contributed by atoms with van der Waals surface area (Å²) in [6, 6.07) is 5.73. The maximum Gasteiger partial charge on any atom is 0.187 e. The summed E-state index contributed by atoms with van der Waals surface area (Å²) in [5.74, 6) is 0. The van der Waals surface area contributed by atoms with Crippen LogP contribution in [0.15, 0.2) is 29.2 Å². The molecule has 0 spiro atoms. The highest BCUT2D eigenvalue weighted by atomic mass is 35.5. The number of halogens is 1. The molecule has 1 rings (SSSR count). The minimum atomic E-state index is -3.53. The number of benzene rings is 1. The lowest BCUT2D eigenvalue weighted by atomic mass is 10.4. The van der Waals surface area contributed by atoms with Gasteiger partial charge in [0.2, 0.25) is 0 Å². The maximum atomic E-state index is 11.6. The zero-order valence-corrected chi connectivity index (χ0v) is 9.05. The average molecular weight is 233 g/mol. The monoisotopic (exact) mass is 232 g/mol. The fraction of sp³-hybridized carbons (Fsp3) is 0.222. The van der Waals surface area contributed by atoms with Gasteiger partial charge in [0.1, 0.15) is 11.5 Å². The SMILES string of the molecule is CC(C=O)S(=O)(=O)c1ccc(Cl)cc1. The molecule has 76 valence electrons. The molecule has 0 saturated carbocycles. The summed E-state index contributed by atoms with van der Waals surface area (Å²) < 4.78 is 23.2. The van der Waals surface area contributed by atoms with Gasteiger partial charge >= 0.3 is 0 Å². The predicted octanol–water partition coefficient (Wildman–Crippen LogP) is 1.70. The van der Waals surface area contributed by atoms with Crippen molar-refractivity contribution in [2.45, 2.75) is 17.1 Å². The summed E-state index contributed by atoms with van der Waals surface area (Å²) >= 11 is 5.61. The van der Waals surface area contributed by atoms with E-state index in [1.165, 1.54) is 31.2 Å². The zero-order valence-electron chi connectivity index (χ0n) is 7.48. The summed E-state index contributed by atoms with van der Waals surface area (Å²) in [6.45, 7) is 1.34. The minimum Gasteiger partial charge on any atom is -0.302 e. The molecule has 0 radical (unpaired) electrons. The molecule has 1 atom stereocenters. The Labute approximate surface area is 87.6 Å². The van der Waals surface area contributed by atoms with E-state index in [9.17, 15) is 13.2 Å². The average Bonchev–Trinajstić information content (AvgIpc) is 2.17. The van der Waals surface area contributed by atoms with E-state index in [1.54, 1.807) is 0 Å². The number of rotatable bonds is 3. The molecule has 0 aromatic heterocycles. The molecule has 1 aromatic rings. The van der Waals surface area contributed by atoms with Crippen molar-refractivity contribution in [1.82, 2.24) is 0 Å². The number of hydrogen-bond acceptors (Lipinski definition) is 3. The number of sulfone groups is 1. The highest BCUT2D eigenvalue weighted by Gasteiger charge is 2.22. The van der Waals surface area contributed by atoms with E-state index in [1.807, 2.05) is 0 Å². The molecule has 0 amide bonds. The third-order valence-electron chi connectivity index (χ3n) is 1.82. The standard InChI is InChI=1S/C9H9ClO3S/c1-7(6-11)14(12,13)9-4-2-8(10)3-5-9/h2-7H,1H3. The van der Waals surface area contributed by atoms with Crippen LogP contribution < -0.4 is 0 Å². The molecular weight excluding hydrogens is 224 g/mol. The molecule has 0 heterocycles. The van der Waals surface area contributed by atoms with Crippen LogP contribution in [0.1, 0.15) is 6.92 Å². The minimum absolute atomic E-state index is 0.113. The van der Waals surface area contributed by atoms with Gasteiger partial charge < -0.3 is 4.79 Å². The first-order valence-electron chi connectivity index (χ1n) is 3.93. The Morgan fingerprint density at radius 2 is 1.79 bits per heavy atom. The molecule has 0 saturated heterocycles. The lowest BCUT2D eigenvalue weighted by molar-refractivity contribution is -0.107. The Morgan fingerprint density at radius 3 is 2.21 bits per heavy atom. The van der Waals surface area contributed by atoms with Crippen molar-refractivity contribution in [2.24, 2.45) is 0 Å². The van der Waals surface area contributed by atoms with Gasteiger partial charge in [-0.05, 0) is 31.2 Å². The van der Waals surface area contributed by atoms with Crippen LogP contribution in [-0.4, -0.2) is 20.0 Å². The van der Waals surface area contributed by atoms with Gasteiger partial charge in [-0.3, -0.25) is 0 Å². The van der Waals surface area contributed by atoms with Crippen LogP contribution in [0.4, 0.5) is 0 Å². The summed E-state index contributed by atoms with van der Waals surface area (Å²) in [5, 5.41) is -0.564. The normalized spacial score (nSPS) is 13.6. The van der Waals surface area contributed by atoms with Crippen LogP contribution >= 0.6 is 11.6 Å². The van der Waals surface area contributed by atoms with Gasteiger partial charge in [-0.25, -0.2) is 8.42 Å². The third-order valence-corrected chi connectivity index (χ3v) is 4.09. The van der Waals surface area contributed by atoms with E-state index in [0.29, 0.717) is 11.3 Å². The molecule has 14 heavy (non-hydrogen) atoms. The van der Waals surface area contributed by atoms with Gasteiger partial charge in [-0.1, -0.05) is 11.6 Å². The molecule has 0 aliphatic heterocycles. The van der Waals surface area contributed by atoms with Crippen molar-refractivity contribution in [3.05, 3.63) is 29.3 Å². The molecule has 0 aliphatic rings. The molecule has 5 heteroatoms. The molecule has 0 fully saturated rings. The highest BCUT2D eigenvalue weighted by Crippen LogP contribution is 2.17. The van der Waals surface area contributed by atoms with E-state index < -0.39 is 15.1 Å². The van der Waals surface area contributed by atoms with Crippen LogP contribution in [-0.2, 0) is 14.6 Å². The number of carbonyl (C=O) groups is 1. The topological polar surface area (TPSA) is 51.2 Å². The van der Waals surface area contributed by atoms with Gasteiger partial charge in [0.05, 0.1) is 4.90 Å². The first-order valence-corrected chi connectivity index (χ1v) is 5.85. The second-order valence-electron chi connectivity index (χ2n) is 2.84. The first-order chi connectivity index (χ1) is 6.48. The van der Waals surface area contributed by atoms with E-state index in [0.717, 1.165) is 0 Å². The molecule has 0 N–H and O–H groups in total. The number of hydrogen-bond donors (Lipinski definition) is 0. The highest BCUT2D eigenvalue weighted by molar-refractivity contribution is 7.92. The lowest BCUT2D eigenvalue weighted by Crippen LogP contribution is -2.18. The molecule has 0 bridgehead atoms. The Balaban J connectivity index is 3.17. The smallest absolute Gasteiger partial charge is 0.187 e. The van der Waals surface area contributed by atoms with Gasteiger partial charge in [0.25, 0.3) is 0 Å². The third kappa shape index (κ3) is 2.13. The summed E-state index contributed by atoms with van der Waals surface area (Å²) in [5.41, 5.74) is 0.